The fourth-order valence-corrected chi connectivity index (χ4v) is 1.46. The van der Waals surface area contributed by atoms with Crippen LogP contribution in [0.15, 0.2) is 30.3 Å². The third-order valence-electron chi connectivity index (χ3n) is 2.22. The van der Waals surface area contributed by atoms with E-state index in [1.54, 1.807) is 0 Å². The minimum atomic E-state index is 0.0310. The Labute approximate surface area is 93.9 Å². The maximum Gasteiger partial charge on any atom is 0.229 e. The molecule has 0 saturated heterocycles. The van der Waals surface area contributed by atoms with Gasteiger partial charge in [0, 0.05) is 11.6 Å². The number of hydrogen-bond acceptors (Lipinski definition) is 2. The van der Waals surface area contributed by atoms with E-state index in [2.05, 4.69) is 10.6 Å². The van der Waals surface area contributed by atoms with Crippen LogP contribution in [0.1, 0.15) is 12.8 Å². The fourth-order valence-electron chi connectivity index (χ4n) is 1.24. The minimum absolute atomic E-state index is 0.0310. The predicted molar refractivity (Wildman–Crippen MR) is 63.5 cm³/mol. The molecule has 1 aliphatic carbocycles. The van der Waals surface area contributed by atoms with Crippen LogP contribution < -0.4 is 10.6 Å². The number of carbonyl (C=O) groups is 1. The highest BCUT2D eigenvalue weighted by atomic mass is 32.1. The molecule has 0 aliphatic heterocycles. The highest BCUT2D eigenvalue weighted by Crippen LogP contribution is 2.28. The zero-order valence-electron chi connectivity index (χ0n) is 8.19. The van der Waals surface area contributed by atoms with Gasteiger partial charge in [-0.25, -0.2) is 0 Å². The van der Waals surface area contributed by atoms with Crippen LogP contribution in [-0.2, 0) is 4.79 Å². The molecular formula is C11H12N2OS. The van der Waals surface area contributed by atoms with Crippen molar-refractivity contribution in [2.24, 2.45) is 5.92 Å². The number of benzene rings is 1. The maximum atomic E-state index is 11.4. The van der Waals surface area contributed by atoms with Crippen LogP contribution in [0.25, 0.3) is 0 Å². The normalized spacial score (nSPS) is 14.4. The number of para-hydroxylation sites is 1. The van der Waals surface area contributed by atoms with Crippen LogP contribution in [-0.4, -0.2) is 11.0 Å². The summed E-state index contributed by atoms with van der Waals surface area (Å²) >= 11 is 5.02. The number of hydrogen-bond donors (Lipinski definition) is 2. The van der Waals surface area contributed by atoms with Crippen molar-refractivity contribution >= 4 is 28.9 Å². The molecule has 0 bridgehead atoms. The van der Waals surface area contributed by atoms with Crippen LogP contribution in [0, 0.1) is 5.92 Å². The van der Waals surface area contributed by atoms with E-state index in [0.717, 1.165) is 18.5 Å². The largest absolute Gasteiger partial charge is 0.332 e. The van der Waals surface area contributed by atoms with Gasteiger partial charge in [0.25, 0.3) is 0 Å². The molecule has 0 unspecified atom stereocenters. The van der Waals surface area contributed by atoms with E-state index in [1.165, 1.54) is 0 Å². The van der Waals surface area contributed by atoms with Gasteiger partial charge < -0.3 is 10.6 Å². The summed E-state index contributed by atoms with van der Waals surface area (Å²) in [5, 5.41) is 6.00. The Morgan fingerprint density at radius 2 is 1.93 bits per heavy atom. The van der Waals surface area contributed by atoms with Crippen LogP contribution in [0.2, 0.25) is 0 Å². The van der Waals surface area contributed by atoms with E-state index >= 15 is 0 Å². The van der Waals surface area contributed by atoms with E-state index in [0.29, 0.717) is 5.11 Å². The molecule has 0 heterocycles. The molecule has 1 aliphatic rings. The van der Waals surface area contributed by atoms with E-state index in [1.807, 2.05) is 30.3 Å². The maximum absolute atomic E-state index is 11.4. The smallest absolute Gasteiger partial charge is 0.229 e. The zero-order valence-corrected chi connectivity index (χ0v) is 9.01. The highest BCUT2D eigenvalue weighted by molar-refractivity contribution is 7.80. The molecular weight excluding hydrogens is 208 g/mol. The first-order valence-electron chi connectivity index (χ1n) is 4.92. The number of anilines is 1. The molecule has 4 heteroatoms. The number of amides is 1. The Balaban J connectivity index is 1.84. The molecule has 1 fully saturated rings. The fraction of sp³-hybridized carbons (Fsp3) is 0.273. The molecule has 1 aromatic rings. The van der Waals surface area contributed by atoms with Gasteiger partial charge in [0.2, 0.25) is 5.91 Å². The van der Waals surface area contributed by atoms with E-state index in [9.17, 15) is 4.79 Å². The summed E-state index contributed by atoms with van der Waals surface area (Å²) in [5.74, 6) is 0.212. The first-order valence-corrected chi connectivity index (χ1v) is 5.33. The van der Waals surface area contributed by atoms with Gasteiger partial charge in [-0.1, -0.05) is 18.2 Å². The first kappa shape index (κ1) is 10.1. The molecule has 1 saturated carbocycles. The number of thiocarbonyl (C=S) groups is 1. The topological polar surface area (TPSA) is 41.1 Å². The lowest BCUT2D eigenvalue weighted by Crippen LogP contribution is -2.35. The molecule has 1 amide bonds. The molecule has 0 spiro atoms. The Bertz CT molecular complexity index is 373. The lowest BCUT2D eigenvalue weighted by Gasteiger charge is -2.08. The van der Waals surface area contributed by atoms with Crippen molar-refractivity contribution < 1.29 is 4.79 Å². The van der Waals surface area contributed by atoms with Crippen molar-refractivity contribution in [1.82, 2.24) is 5.32 Å². The third kappa shape index (κ3) is 3.02. The summed E-state index contributed by atoms with van der Waals surface area (Å²) in [6, 6.07) is 9.55. The van der Waals surface area contributed by atoms with Crippen molar-refractivity contribution in [3.8, 4) is 0 Å². The molecule has 2 N–H and O–H groups in total. The Morgan fingerprint density at radius 3 is 2.53 bits per heavy atom. The Hall–Kier alpha value is -1.42. The number of nitrogens with one attached hydrogen (secondary N) is 2. The predicted octanol–water partition coefficient (Wildman–Crippen LogP) is 1.91. The summed E-state index contributed by atoms with van der Waals surface area (Å²) in [7, 11) is 0. The molecule has 0 aromatic heterocycles. The average Bonchev–Trinajstić information content (AvgIpc) is 3.01. The standard InChI is InChI=1S/C11H12N2OS/c14-10(8-6-7-8)13-11(15)12-9-4-2-1-3-5-9/h1-5,8H,6-7H2,(H2,12,13,14,15). The van der Waals surface area contributed by atoms with E-state index in [4.69, 9.17) is 12.2 Å². The minimum Gasteiger partial charge on any atom is -0.332 e. The second-order valence-electron chi connectivity index (χ2n) is 3.58. The van der Waals surface area contributed by atoms with Gasteiger partial charge in [-0.2, -0.15) is 0 Å². The Morgan fingerprint density at radius 1 is 1.27 bits per heavy atom. The number of rotatable bonds is 2. The molecule has 0 atom stereocenters. The summed E-state index contributed by atoms with van der Waals surface area (Å²) in [6.07, 6.45) is 1.97. The first-order chi connectivity index (χ1) is 7.25. The van der Waals surface area contributed by atoms with Crippen LogP contribution in [0.4, 0.5) is 5.69 Å². The van der Waals surface area contributed by atoms with Gasteiger partial charge in [-0.15, -0.1) is 0 Å². The van der Waals surface area contributed by atoms with E-state index < -0.39 is 0 Å². The van der Waals surface area contributed by atoms with Crippen molar-refractivity contribution in [2.75, 3.05) is 5.32 Å². The lowest BCUT2D eigenvalue weighted by atomic mass is 10.3. The molecule has 15 heavy (non-hydrogen) atoms. The molecule has 3 nitrogen and oxygen atoms in total. The van der Waals surface area contributed by atoms with Crippen molar-refractivity contribution in [3.05, 3.63) is 30.3 Å². The van der Waals surface area contributed by atoms with E-state index in [-0.39, 0.29) is 11.8 Å². The Kier molecular flexibility index (Phi) is 2.97. The summed E-state index contributed by atoms with van der Waals surface area (Å²) in [5.41, 5.74) is 0.888. The molecule has 0 radical (unpaired) electrons. The van der Waals surface area contributed by atoms with Crippen molar-refractivity contribution in [2.45, 2.75) is 12.8 Å². The molecule has 1 aromatic carbocycles. The quantitative estimate of drug-likeness (QED) is 0.748. The van der Waals surface area contributed by atoms with Crippen molar-refractivity contribution in [3.63, 3.8) is 0 Å². The average molecular weight is 220 g/mol. The SMILES string of the molecule is O=C(NC(=S)Nc1ccccc1)C1CC1. The second kappa shape index (κ2) is 4.40. The van der Waals surface area contributed by atoms with Crippen LogP contribution in [0.5, 0.6) is 0 Å². The number of carbonyl (C=O) groups excluding carboxylic acids is 1. The van der Waals surface area contributed by atoms with Gasteiger partial charge in [0.15, 0.2) is 5.11 Å². The zero-order chi connectivity index (χ0) is 10.7. The van der Waals surface area contributed by atoms with Gasteiger partial charge >= 0.3 is 0 Å². The monoisotopic (exact) mass is 220 g/mol. The second-order valence-corrected chi connectivity index (χ2v) is 3.99. The lowest BCUT2D eigenvalue weighted by molar-refractivity contribution is -0.120. The van der Waals surface area contributed by atoms with Crippen molar-refractivity contribution in [1.29, 1.82) is 0 Å². The van der Waals surface area contributed by atoms with Crippen LogP contribution >= 0.6 is 12.2 Å². The summed E-state index contributed by atoms with van der Waals surface area (Å²) < 4.78 is 0. The third-order valence-corrected chi connectivity index (χ3v) is 2.42. The highest BCUT2D eigenvalue weighted by Gasteiger charge is 2.29. The molecule has 2 rings (SSSR count). The summed E-state index contributed by atoms with van der Waals surface area (Å²) in [6.45, 7) is 0. The van der Waals surface area contributed by atoms with Gasteiger partial charge in [0.05, 0.1) is 0 Å². The van der Waals surface area contributed by atoms with Gasteiger partial charge in [-0.3, -0.25) is 4.79 Å². The van der Waals surface area contributed by atoms with Gasteiger partial charge in [0.1, 0.15) is 0 Å². The van der Waals surface area contributed by atoms with Gasteiger partial charge in [-0.05, 0) is 37.2 Å². The summed E-state index contributed by atoms with van der Waals surface area (Å²) in [4.78, 5) is 11.4. The molecule has 78 valence electrons. The van der Waals surface area contributed by atoms with Crippen LogP contribution in [0.3, 0.4) is 0 Å².